The molecule has 0 aliphatic carbocycles. The molecule has 0 aliphatic rings. The number of hydrogen-bond donors (Lipinski definition) is 7. The van der Waals surface area contributed by atoms with Crippen molar-refractivity contribution >= 4 is 48.1 Å². The van der Waals surface area contributed by atoms with Gasteiger partial charge in [0.1, 0.15) is 18.1 Å². The topological polar surface area (TPSA) is 171 Å². The van der Waals surface area contributed by atoms with Crippen molar-refractivity contribution in [2.24, 2.45) is 5.73 Å². The quantitative estimate of drug-likeness (QED) is 0.175. The van der Waals surface area contributed by atoms with Crippen LogP contribution in [-0.2, 0) is 19.2 Å². The predicted octanol–water partition coefficient (Wildman–Crippen LogP) is -2.06. The molecule has 12 heteroatoms. The normalized spacial score (nSPS) is 16.4. The molecule has 0 bridgehead atoms. The van der Waals surface area contributed by atoms with Crippen LogP contribution in [0.1, 0.15) is 20.3 Å². The number of carboxylic acids is 1. The van der Waals surface area contributed by atoms with Crippen molar-refractivity contribution in [2.45, 2.75) is 50.5 Å². The maximum Gasteiger partial charge on any atom is 0.325 e. The van der Waals surface area contributed by atoms with Crippen LogP contribution in [-0.4, -0.2) is 81.9 Å². The number of hydrogen-bond acceptors (Lipinski definition) is 8. The summed E-state index contributed by atoms with van der Waals surface area (Å²) in [7, 11) is 0. The Hall–Kier alpha value is -1.50. The van der Waals surface area contributed by atoms with Crippen LogP contribution in [0.4, 0.5) is 0 Å². The fourth-order valence-electron chi connectivity index (χ4n) is 1.87. The zero-order valence-electron chi connectivity index (χ0n) is 15.5. The van der Waals surface area contributed by atoms with Gasteiger partial charge in [0, 0.05) is 5.75 Å². The molecular formula is C15H28N4O6S2. The summed E-state index contributed by atoms with van der Waals surface area (Å²) in [5.74, 6) is -2.80. The molecule has 0 radical (unpaired) electrons. The molecule has 0 aromatic carbocycles. The van der Waals surface area contributed by atoms with Gasteiger partial charge in [-0.05, 0) is 32.3 Å². The number of rotatable bonds is 12. The third kappa shape index (κ3) is 9.31. The van der Waals surface area contributed by atoms with Crippen LogP contribution in [0.5, 0.6) is 0 Å². The zero-order valence-corrected chi connectivity index (χ0v) is 17.2. The second kappa shape index (κ2) is 12.8. The van der Waals surface area contributed by atoms with Crippen molar-refractivity contribution in [2.75, 3.05) is 17.8 Å². The molecule has 5 unspecified atom stereocenters. The number of thiol groups is 1. The number of carbonyl (C=O) groups excluding carboxylic acids is 3. The second-order valence-electron chi connectivity index (χ2n) is 5.93. The first-order valence-corrected chi connectivity index (χ1v) is 10.2. The summed E-state index contributed by atoms with van der Waals surface area (Å²) in [4.78, 5) is 47.3. The third-order valence-corrected chi connectivity index (χ3v) is 4.59. The minimum Gasteiger partial charge on any atom is -0.480 e. The molecule has 0 heterocycles. The SMILES string of the molecule is CSCCC(N)C(=O)NC(CS)C(=O)NC(C(=O)NC(C)C(=O)O)C(C)O. The van der Waals surface area contributed by atoms with E-state index in [9.17, 15) is 24.3 Å². The van der Waals surface area contributed by atoms with Crippen LogP contribution in [0.2, 0.25) is 0 Å². The monoisotopic (exact) mass is 424 g/mol. The van der Waals surface area contributed by atoms with Gasteiger partial charge in [0.2, 0.25) is 17.7 Å². The maximum absolute atomic E-state index is 12.4. The van der Waals surface area contributed by atoms with E-state index in [1.165, 1.54) is 25.6 Å². The number of thioether (sulfide) groups is 1. The summed E-state index contributed by atoms with van der Waals surface area (Å²) in [6.45, 7) is 2.51. The second-order valence-corrected chi connectivity index (χ2v) is 7.28. The Bertz CT molecular complexity index is 534. The Labute approximate surface area is 167 Å². The number of nitrogens with two attached hydrogens (primary N) is 1. The van der Waals surface area contributed by atoms with E-state index in [-0.39, 0.29) is 5.75 Å². The van der Waals surface area contributed by atoms with Crippen molar-refractivity contribution in [3.05, 3.63) is 0 Å². The van der Waals surface area contributed by atoms with Crippen molar-refractivity contribution < 1.29 is 29.4 Å². The molecule has 0 aromatic heterocycles. The molecule has 27 heavy (non-hydrogen) atoms. The molecule has 3 amide bonds. The fourth-order valence-corrected chi connectivity index (χ4v) is 2.62. The van der Waals surface area contributed by atoms with Crippen LogP contribution in [0.3, 0.4) is 0 Å². The van der Waals surface area contributed by atoms with Gasteiger partial charge in [-0.1, -0.05) is 0 Å². The van der Waals surface area contributed by atoms with E-state index in [4.69, 9.17) is 10.8 Å². The van der Waals surface area contributed by atoms with E-state index in [1.54, 1.807) is 0 Å². The first-order valence-electron chi connectivity index (χ1n) is 8.22. The van der Waals surface area contributed by atoms with E-state index < -0.39 is 54.0 Å². The van der Waals surface area contributed by atoms with Gasteiger partial charge in [-0.25, -0.2) is 0 Å². The fraction of sp³-hybridized carbons (Fsp3) is 0.733. The molecule has 0 saturated carbocycles. The van der Waals surface area contributed by atoms with Crippen molar-refractivity contribution in [1.82, 2.24) is 16.0 Å². The van der Waals surface area contributed by atoms with Crippen LogP contribution in [0, 0.1) is 0 Å². The number of carbonyl (C=O) groups is 4. The lowest BCUT2D eigenvalue weighted by atomic mass is 10.1. The van der Waals surface area contributed by atoms with Gasteiger partial charge < -0.3 is 31.9 Å². The lowest BCUT2D eigenvalue weighted by molar-refractivity contribution is -0.142. The molecular weight excluding hydrogens is 396 g/mol. The molecule has 0 saturated heterocycles. The number of carboxylic acid groups (broad SMARTS) is 1. The van der Waals surface area contributed by atoms with Crippen LogP contribution < -0.4 is 21.7 Å². The molecule has 0 spiro atoms. The molecule has 0 aromatic rings. The number of amides is 3. The highest BCUT2D eigenvalue weighted by Crippen LogP contribution is 2.01. The number of aliphatic hydroxyl groups is 1. The van der Waals surface area contributed by atoms with Crippen LogP contribution in [0.25, 0.3) is 0 Å². The van der Waals surface area contributed by atoms with Gasteiger partial charge in [0.15, 0.2) is 0 Å². The number of aliphatic carboxylic acids is 1. The maximum atomic E-state index is 12.4. The molecule has 10 nitrogen and oxygen atoms in total. The average molecular weight is 425 g/mol. The summed E-state index contributed by atoms with van der Waals surface area (Å²) in [5.41, 5.74) is 5.75. The van der Waals surface area contributed by atoms with Gasteiger partial charge in [-0.3, -0.25) is 19.2 Å². The van der Waals surface area contributed by atoms with Crippen LogP contribution >= 0.6 is 24.4 Å². The van der Waals surface area contributed by atoms with Gasteiger partial charge in [0.25, 0.3) is 0 Å². The highest BCUT2D eigenvalue weighted by Gasteiger charge is 2.31. The Morgan fingerprint density at radius 1 is 1.07 bits per heavy atom. The highest BCUT2D eigenvalue weighted by atomic mass is 32.2. The van der Waals surface area contributed by atoms with Crippen LogP contribution in [0.15, 0.2) is 0 Å². The van der Waals surface area contributed by atoms with Gasteiger partial charge in [-0.15, -0.1) is 0 Å². The summed E-state index contributed by atoms with van der Waals surface area (Å²) in [6.07, 6.45) is 1.01. The largest absolute Gasteiger partial charge is 0.480 e. The molecule has 5 atom stereocenters. The predicted molar refractivity (Wildman–Crippen MR) is 106 cm³/mol. The molecule has 0 aliphatic heterocycles. The molecule has 156 valence electrons. The van der Waals surface area contributed by atoms with Gasteiger partial charge in [0.05, 0.1) is 12.1 Å². The van der Waals surface area contributed by atoms with Crippen molar-refractivity contribution in [3.8, 4) is 0 Å². The first kappa shape index (κ1) is 25.5. The summed E-state index contributed by atoms with van der Waals surface area (Å²) in [5, 5.41) is 25.5. The molecule has 7 N–H and O–H groups in total. The Morgan fingerprint density at radius 3 is 2.11 bits per heavy atom. The average Bonchev–Trinajstić information content (AvgIpc) is 2.60. The Balaban J connectivity index is 4.95. The summed E-state index contributed by atoms with van der Waals surface area (Å²) < 4.78 is 0. The van der Waals surface area contributed by atoms with E-state index >= 15 is 0 Å². The Morgan fingerprint density at radius 2 is 1.67 bits per heavy atom. The first-order chi connectivity index (χ1) is 12.5. The minimum atomic E-state index is -1.40. The third-order valence-electron chi connectivity index (χ3n) is 3.58. The number of nitrogens with one attached hydrogen (secondary N) is 3. The molecule has 0 fully saturated rings. The van der Waals surface area contributed by atoms with E-state index in [0.29, 0.717) is 12.2 Å². The van der Waals surface area contributed by atoms with Crippen molar-refractivity contribution in [3.63, 3.8) is 0 Å². The standard InChI is InChI=1S/C15H28N4O6S2/c1-7(15(24)25)17-14(23)11(8(2)20)19-13(22)10(6-26)18-12(21)9(16)4-5-27-3/h7-11,20,26H,4-6,16H2,1-3H3,(H,17,23)(H,18,21)(H,19,22)(H,24,25). The van der Waals surface area contributed by atoms with E-state index in [2.05, 4.69) is 28.6 Å². The minimum absolute atomic E-state index is 0.0630. The van der Waals surface area contributed by atoms with E-state index in [0.717, 1.165) is 0 Å². The smallest absolute Gasteiger partial charge is 0.325 e. The highest BCUT2D eigenvalue weighted by molar-refractivity contribution is 7.98. The van der Waals surface area contributed by atoms with Crippen molar-refractivity contribution in [1.29, 1.82) is 0 Å². The lowest BCUT2D eigenvalue weighted by Gasteiger charge is -2.25. The zero-order chi connectivity index (χ0) is 21.1. The summed E-state index contributed by atoms with van der Waals surface area (Å²) >= 11 is 5.55. The summed E-state index contributed by atoms with van der Waals surface area (Å²) in [6, 6.07) is -4.47. The molecule has 0 rings (SSSR count). The Kier molecular flexibility index (Phi) is 12.1. The number of aliphatic hydroxyl groups excluding tert-OH is 1. The van der Waals surface area contributed by atoms with Gasteiger partial charge >= 0.3 is 5.97 Å². The van der Waals surface area contributed by atoms with Gasteiger partial charge in [-0.2, -0.15) is 24.4 Å². The lowest BCUT2D eigenvalue weighted by Crippen LogP contribution is -2.60. The van der Waals surface area contributed by atoms with E-state index in [1.807, 2.05) is 6.26 Å².